The van der Waals surface area contributed by atoms with Crippen LogP contribution in [0.15, 0.2) is 30.3 Å². The lowest BCUT2D eigenvalue weighted by Crippen LogP contribution is -2.58. The Labute approximate surface area is 253 Å². The zero-order valence-corrected chi connectivity index (χ0v) is 25.9. The Morgan fingerprint density at radius 2 is 1.74 bits per heavy atom. The zero-order valence-electron chi connectivity index (χ0n) is 25.0. The first-order valence-electron chi connectivity index (χ1n) is 15.3. The van der Waals surface area contributed by atoms with E-state index in [0.717, 1.165) is 24.8 Å². The number of carbonyl (C=O) groups is 5. The lowest BCUT2D eigenvalue weighted by molar-refractivity contribution is -0.144. The van der Waals surface area contributed by atoms with Crippen molar-refractivity contribution in [3.63, 3.8) is 0 Å². The Morgan fingerprint density at radius 3 is 2.44 bits per heavy atom. The summed E-state index contributed by atoms with van der Waals surface area (Å²) in [6, 6.07) is 6.60. The number of unbranched alkanes of at least 4 members (excludes halogenated alkanes) is 2. The van der Waals surface area contributed by atoms with E-state index in [2.05, 4.69) is 16.0 Å². The van der Waals surface area contributed by atoms with Crippen LogP contribution in [0.25, 0.3) is 0 Å². The summed E-state index contributed by atoms with van der Waals surface area (Å²) in [7, 11) is -3.07. The quantitative estimate of drug-likeness (QED) is 0.146. The number of nitrogens with two attached hydrogens (primary N) is 1. The Bertz CT molecular complexity index is 1170. The first kappa shape index (κ1) is 34.3. The topological polar surface area (TPSA) is 188 Å². The van der Waals surface area contributed by atoms with E-state index >= 15 is 0 Å². The predicted molar refractivity (Wildman–Crippen MR) is 162 cm³/mol. The van der Waals surface area contributed by atoms with Crippen LogP contribution in [0.5, 0.6) is 0 Å². The molecule has 0 aromatic heterocycles. The lowest BCUT2D eigenvalue weighted by Gasteiger charge is -2.35. The average Bonchev–Trinajstić information content (AvgIpc) is 3.37. The van der Waals surface area contributed by atoms with Gasteiger partial charge in [0.25, 0.3) is 0 Å². The van der Waals surface area contributed by atoms with E-state index in [1.54, 1.807) is 4.90 Å². The summed E-state index contributed by atoms with van der Waals surface area (Å²) in [5.74, 6) is -2.07. The van der Waals surface area contributed by atoms with Gasteiger partial charge in [-0.1, -0.05) is 49.6 Å². The molecule has 5 atom stereocenters. The molecular formula is C30H46N5O7P. The van der Waals surface area contributed by atoms with Crippen LogP contribution >= 0.6 is 7.37 Å². The third kappa shape index (κ3) is 11.4. The molecule has 0 aliphatic carbocycles. The number of rotatable bonds is 15. The number of benzene rings is 1. The van der Waals surface area contributed by atoms with Gasteiger partial charge < -0.3 is 31.5 Å². The number of nitrogens with zero attached hydrogens (tertiary/aromatic N) is 1. The van der Waals surface area contributed by atoms with Crippen LogP contribution in [0.1, 0.15) is 82.6 Å². The summed E-state index contributed by atoms with van der Waals surface area (Å²) in [5.41, 5.74) is 6.20. The number of hydrogen-bond acceptors (Lipinski definition) is 6. The van der Waals surface area contributed by atoms with Crippen LogP contribution < -0.4 is 21.7 Å². The molecule has 2 unspecified atom stereocenters. The Balaban J connectivity index is 1.62. The molecule has 2 aliphatic heterocycles. The van der Waals surface area contributed by atoms with Gasteiger partial charge in [-0.05, 0) is 50.5 Å². The minimum Gasteiger partial charge on any atom is -0.370 e. The van der Waals surface area contributed by atoms with E-state index in [-0.39, 0.29) is 49.8 Å². The van der Waals surface area contributed by atoms with Crippen molar-refractivity contribution in [3.05, 3.63) is 35.9 Å². The first-order valence-corrected chi connectivity index (χ1v) is 17.5. The molecule has 2 fully saturated rings. The SMILES string of the molecule is CP(=O)(O)CCCCCC(=O)N[C@H]1CCCCC2CC[C@@H](C(=O)N[C@@H](CCC(N)=O)C(=O)NCc3ccccc3)N2C1=O. The van der Waals surface area contributed by atoms with Crippen LogP contribution in [-0.2, 0) is 35.1 Å². The normalized spacial score (nSPS) is 22.3. The zero-order chi connectivity index (χ0) is 31.4. The van der Waals surface area contributed by atoms with Gasteiger partial charge in [-0.3, -0.25) is 28.5 Å². The van der Waals surface area contributed by atoms with Gasteiger partial charge in [0.2, 0.25) is 29.5 Å². The largest absolute Gasteiger partial charge is 0.370 e. The monoisotopic (exact) mass is 619 g/mol. The fourth-order valence-electron chi connectivity index (χ4n) is 5.79. The van der Waals surface area contributed by atoms with Crippen LogP contribution in [0.4, 0.5) is 0 Å². The molecule has 6 N–H and O–H groups in total. The van der Waals surface area contributed by atoms with E-state index in [9.17, 15) is 33.4 Å². The molecular weight excluding hydrogens is 573 g/mol. The highest BCUT2D eigenvalue weighted by Crippen LogP contribution is 2.36. The van der Waals surface area contributed by atoms with Gasteiger partial charge in [0.1, 0.15) is 18.1 Å². The molecule has 2 aliphatic rings. The molecule has 1 aromatic rings. The van der Waals surface area contributed by atoms with Crippen molar-refractivity contribution in [2.24, 2.45) is 5.73 Å². The Hall–Kier alpha value is -3.24. The van der Waals surface area contributed by atoms with Crippen molar-refractivity contribution >= 4 is 36.9 Å². The van der Waals surface area contributed by atoms with Crippen LogP contribution in [0.3, 0.4) is 0 Å². The smallest absolute Gasteiger partial charge is 0.246 e. The number of nitrogens with one attached hydrogen (secondary N) is 3. The van der Waals surface area contributed by atoms with Crippen molar-refractivity contribution in [2.75, 3.05) is 12.8 Å². The molecule has 13 heteroatoms. The molecule has 3 rings (SSSR count). The molecule has 5 amide bonds. The number of amides is 5. The maximum absolute atomic E-state index is 13.7. The van der Waals surface area contributed by atoms with Gasteiger partial charge >= 0.3 is 0 Å². The Morgan fingerprint density at radius 1 is 1.02 bits per heavy atom. The predicted octanol–water partition coefficient (Wildman–Crippen LogP) is 1.93. The van der Waals surface area contributed by atoms with Crippen LogP contribution in [-0.4, -0.2) is 76.3 Å². The van der Waals surface area contributed by atoms with E-state index in [1.807, 2.05) is 30.3 Å². The maximum Gasteiger partial charge on any atom is 0.246 e. The summed E-state index contributed by atoms with van der Waals surface area (Å²) >= 11 is 0. The van der Waals surface area contributed by atoms with E-state index in [1.165, 1.54) is 6.66 Å². The number of fused-ring (bicyclic) bond motifs is 1. The molecule has 0 saturated carbocycles. The van der Waals surface area contributed by atoms with Crippen molar-refractivity contribution in [1.82, 2.24) is 20.9 Å². The minimum absolute atomic E-state index is 0.0264. The third-order valence-corrected chi connectivity index (χ3v) is 9.22. The number of primary amides is 1. The summed E-state index contributed by atoms with van der Waals surface area (Å²) < 4.78 is 11.4. The molecule has 1 aromatic carbocycles. The van der Waals surface area contributed by atoms with Gasteiger partial charge in [-0.15, -0.1) is 0 Å². The van der Waals surface area contributed by atoms with Crippen LogP contribution in [0.2, 0.25) is 0 Å². The Kier molecular flexibility index (Phi) is 13.2. The van der Waals surface area contributed by atoms with Crippen molar-refractivity contribution in [2.45, 2.75) is 108 Å². The van der Waals surface area contributed by atoms with E-state index in [4.69, 9.17) is 5.73 Å². The summed E-state index contributed by atoms with van der Waals surface area (Å²) in [6.45, 7) is 1.57. The van der Waals surface area contributed by atoms with Crippen molar-refractivity contribution in [1.29, 1.82) is 0 Å². The highest BCUT2D eigenvalue weighted by Gasteiger charge is 2.44. The molecule has 43 heavy (non-hydrogen) atoms. The molecule has 12 nitrogen and oxygen atoms in total. The fraction of sp³-hybridized carbons (Fsp3) is 0.633. The second kappa shape index (κ2) is 16.6. The number of carbonyl (C=O) groups excluding carboxylic acids is 5. The summed E-state index contributed by atoms with van der Waals surface area (Å²) in [5, 5.41) is 8.43. The number of hydrogen-bond donors (Lipinski definition) is 5. The third-order valence-electron chi connectivity index (χ3n) is 8.07. The van der Waals surface area contributed by atoms with Crippen molar-refractivity contribution in [3.8, 4) is 0 Å². The van der Waals surface area contributed by atoms with Gasteiger partial charge in [0.15, 0.2) is 7.37 Å². The second-order valence-electron chi connectivity index (χ2n) is 11.8. The maximum atomic E-state index is 13.7. The second-order valence-corrected chi connectivity index (χ2v) is 14.3. The molecule has 2 heterocycles. The highest BCUT2D eigenvalue weighted by atomic mass is 31.2. The lowest BCUT2D eigenvalue weighted by atomic mass is 9.98. The molecule has 0 bridgehead atoms. The molecule has 238 valence electrons. The fourth-order valence-corrected chi connectivity index (χ4v) is 6.60. The van der Waals surface area contributed by atoms with Gasteiger partial charge in [-0.25, -0.2) is 0 Å². The summed E-state index contributed by atoms with van der Waals surface area (Å²) in [4.78, 5) is 75.5. The first-order chi connectivity index (χ1) is 20.4. The summed E-state index contributed by atoms with van der Waals surface area (Å²) in [6.07, 6.45) is 6.02. The molecule has 0 radical (unpaired) electrons. The molecule has 0 spiro atoms. The van der Waals surface area contributed by atoms with E-state index in [0.29, 0.717) is 38.5 Å². The van der Waals surface area contributed by atoms with Crippen molar-refractivity contribution < 1.29 is 33.4 Å². The molecule has 2 saturated heterocycles. The van der Waals surface area contributed by atoms with Gasteiger partial charge in [0, 0.05) is 38.3 Å². The standard InChI is InChI=1S/C30H46N5O7P/c1-43(41,42)19-9-3-6-14-27(37)33-24-13-8-7-12-22-15-17-25(35(22)30(24)40)29(39)34-23(16-18-26(31)36)28(38)32-20-21-10-4-2-5-11-21/h2,4-5,10-11,22-25H,3,6-9,12-20H2,1H3,(H2,31,36)(H,32,38)(H,33,37)(H,34,39)(H,41,42)/t22?,23-,24-,25-/m0/s1. The highest BCUT2D eigenvalue weighted by molar-refractivity contribution is 7.57. The van der Waals surface area contributed by atoms with E-state index < -0.39 is 43.2 Å². The van der Waals surface area contributed by atoms with Crippen LogP contribution in [0, 0.1) is 0 Å². The van der Waals surface area contributed by atoms with Gasteiger partial charge in [-0.2, -0.15) is 0 Å². The average molecular weight is 620 g/mol. The van der Waals surface area contributed by atoms with Gasteiger partial charge in [0.05, 0.1) is 0 Å². The minimum atomic E-state index is -3.07.